The van der Waals surface area contributed by atoms with Crippen molar-refractivity contribution < 1.29 is 23.5 Å². The van der Waals surface area contributed by atoms with Crippen molar-refractivity contribution in [2.24, 2.45) is 5.73 Å². The van der Waals surface area contributed by atoms with Crippen LogP contribution in [0, 0.1) is 5.82 Å². The molecule has 2 aromatic carbocycles. The third kappa shape index (κ3) is 9.26. The number of nitrogens with two attached hydrogens (primary N) is 1. The molecule has 0 radical (unpaired) electrons. The molecule has 2 unspecified atom stereocenters. The van der Waals surface area contributed by atoms with Crippen LogP contribution in [-0.2, 0) is 26.2 Å². The molecule has 0 aliphatic carbocycles. The highest BCUT2D eigenvalue weighted by Crippen LogP contribution is 2.28. The summed E-state index contributed by atoms with van der Waals surface area (Å²) in [5.41, 5.74) is 6.88. The van der Waals surface area contributed by atoms with Gasteiger partial charge in [-0.3, -0.25) is 4.79 Å². The number of imidazole rings is 1. The van der Waals surface area contributed by atoms with Crippen molar-refractivity contribution in [3.63, 3.8) is 0 Å². The number of halogens is 1. The highest BCUT2D eigenvalue weighted by atomic mass is 19.1. The summed E-state index contributed by atoms with van der Waals surface area (Å²) in [6.45, 7) is 11.2. The number of H-pyrrole nitrogens is 2. The summed E-state index contributed by atoms with van der Waals surface area (Å²) >= 11 is 0. The highest BCUT2D eigenvalue weighted by molar-refractivity contribution is 5.91. The Balaban J connectivity index is 1.34. The first-order valence-electron chi connectivity index (χ1n) is 17.7. The van der Waals surface area contributed by atoms with Gasteiger partial charge in [0, 0.05) is 61.6 Å². The number of carbonyl (C=O) groups is 3. The smallest absolute Gasteiger partial charge is 0.329 e. The van der Waals surface area contributed by atoms with Crippen LogP contribution in [0.4, 0.5) is 14.9 Å². The lowest BCUT2D eigenvalue weighted by atomic mass is 9.88. The van der Waals surface area contributed by atoms with E-state index in [2.05, 4.69) is 25.6 Å². The van der Waals surface area contributed by atoms with Crippen LogP contribution in [0.15, 0.2) is 60.9 Å². The SMILES string of the molecule is CC(C)(C)OC(=O)C(CCCCN)NC(=O)C(C)(C)c1cnc(C(Cc2c[nH]c3ccccc23)NC(=O)N2CCN(c3ccccc3F)CC2)[nH]1. The van der Waals surface area contributed by atoms with Gasteiger partial charge in [0.2, 0.25) is 5.91 Å². The number of rotatable bonds is 13. The minimum atomic E-state index is -1.11. The van der Waals surface area contributed by atoms with Gasteiger partial charge in [-0.1, -0.05) is 30.3 Å². The summed E-state index contributed by atoms with van der Waals surface area (Å²) in [4.78, 5) is 55.6. The van der Waals surface area contributed by atoms with Crippen molar-refractivity contribution in [1.82, 2.24) is 30.5 Å². The summed E-state index contributed by atoms with van der Waals surface area (Å²) in [6, 6.07) is 12.9. The molecule has 0 saturated carbocycles. The monoisotopic (exact) mass is 702 g/mol. The van der Waals surface area contributed by atoms with E-state index in [0.29, 0.717) is 75.6 Å². The molecule has 1 aliphatic heterocycles. The Morgan fingerprint density at radius 2 is 1.69 bits per heavy atom. The number of aromatic amines is 2. The minimum absolute atomic E-state index is 0.263. The maximum absolute atomic E-state index is 14.4. The van der Waals surface area contributed by atoms with Gasteiger partial charge in [0.1, 0.15) is 23.3 Å². The number of aromatic nitrogens is 3. The number of nitrogens with one attached hydrogen (secondary N) is 4. The molecule has 4 aromatic rings. The highest BCUT2D eigenvalue weighted by Gasteiger charge is 2.37. The van der Waals surface area contributed by atoms with E-state index in [0.717, 1.165) is 16.5 Å². The Hall–Kier alpha value is -4.91. The van der Waals surface area contributed by atoms with Crippen LogP contribution in [-0.4, -0.2) is 82.1 Å². The maximum atomic E-state index is 14.4. The summed E-state index contributed by atoms with van der Waals surface area (Å²) in [5.74, 6) is -0.663. The Bertz CT molecular complexity index is 1800. The van der Waals surface area contributed by atoms with Crippen LogP contribution in [0.2, 0.25) is 0 Å². The van der Waals surface area contributed by atoms with E-state index in [4.69, 9.17) is 10.5 Å². The third-order valence-corrected chi connectivity index (χ3v) is 9.27. The molecule has 0 bridgehead atoms. The van der Waals surface area contributed by atoms with Gasteiger partial charge in [0.25, 0.3) is 0 Å². The summed E-state index contributed by atoms with van der Waals surface area (Å²) in [7, 11) is 0. The van der Waals surface area contributed by atoms with Gasteiger partial charge in [-0.2, -0.15) is 0 Å². The maximum Gasteiger partial charge on any atom is 0.329 e. The fourth-order valence-corrected chi connectivity index (χ4v) is 6.24. The number of piperazine rings is 1. The lowest BCUT2D eigenvalue weighted by Gasteiger charge is -2.36. The average Bonchev–Trinajstić information content (AvgIpc) is 3.76. The molecule has 1 saturated heterocycles. The zero-order valence-electron chi connectivity index (χ0n) is 30.2. The molecule has 13 heteroatoms. The Kier molecular flexibility index (Phi) is 11.7. The van der Waals surface area contributed by atoms with Crippen molar-refractivity contribution in [3.8, 4) is 0 Å². The number of unbranched alkanes of at least 4 members (excludes halogenated alkanes) is 1. The normalized spacial score (nSPS) is 15.0. The number of amides is 3. The van der Waals surface area contributed by atoms with Crippen molar-refractivity contribution in [2.45, 2.75) is 83.4 Å². The standard InChI is InChI=1S/C38H51FN8O4/c1-37(2,3)51-34(48)29(15-10-11-17-40)43-35(49)38(4,5)32-24-42-33(45-32)30(22-25-23-41-28-14-8-6-12-26(25)28)44-36(50)47-20-18-46(19-21-47)31-16-9-7-13-27(31)39/h6-9,12-14,16,23-24,29-30,41H,10-11,15,17-22,40H2,1-5H3,(H,42,45)(H,43,49)(H,44,50). The largest absolute Gasteiger partial charge is 0.458 e. The topological polar surface area (TPSA) is 161 Å². The molecule has 3 amide bonds. The number of carbonyl (C=O) groups excluding carboxylic acids is 3. The second-order valence-corrected chi connectivity index (χ2v) is 14.6. The second kappa shape index (κ2) is 16.0. The molecule has 0 spiro atoms. The van der Waals surface area contributed by atoms with E-state index in [9.17, 15) is 18.8 Å². The van der Waals surface area contributed by atoms with Crippen LogP contribution in [0.5, 0.6) is 0 Å². The average molecular weight is 703 g/mol. The van der Waals surface area contributed by atoms with Crippen LogP contribution >= 0.6 is 0 Å². The molecule has 3 heterocycles. The number of hydrogen-bond acceptors (Lipinski definition) is 7. The van der Waals surface area contributed by atoms with Gasteiger partial charge < -0.3 is 40.9 Å². The first-order valence-corrected chi connectivity index (χ1v) is 17.7. The van der Waals surface area contributed by atoms with Gasteiger partial charge in [0.05, 0.1) is 17.1 Å². The summed E-state index contributed by atoms with van der Waals surface area (Å²) < 4.78 is 20.1. The lowest BCUT2D eigenvalue weighted by molar-refractivity contribution is -0.159. The molecule has 274 valence electrons. The number of hydrogen-bond donors (Lipinski definition) is 5. The molecule has 1 aliphatic rings. The molecular weight excluding hydrogens is 651 g/mol. The Labute approximate surface area is 298 Å². The van der Waals surface area contributed by atoms with Crippen LogP contribution in [0.3, 0.4) is 0 Å². The van der Waals surface area contributed by atoms with Gasteiger partial charge in [-0.25, -0.2) is 19.0 Å². The molecule has 2 aromatic heterocycles. The van der Waals surface area contributed by atoms with Crippen molar-refractivity contribution >= 4 is 34.5 Å². The third-order valence-electron chi connectivity index (χ3n) is 9.27. The predicted octanol–water partition coefficient (Wildman–Crippen LogP) is 5.08. The number of benzene rings is 2. The van der Waals surface area contributed by atoms with E-state index in [1.807, 2.05) is 35.4 Å². The first-order chi connectivity index (χ1) is 24.3. The van der Waals surface area contributed by atoms with E-state index in [1.54, 1.807) is 63.9 Å². The van der Waals surface area contributed by atoms with Crippen LogP contribution in [0.25, 0.3) is 10.9 Å². The van der Waals surface area contributed by atoms with Gasteiger partial charge >= 0.3 is 12.0 Å². The first kappa shape index (κ1) is 37.3. The number of fused-ring (bicyclic) bond motifs is 1. The zero-order chi connectivity index (χ0) is 36.8. The molecular formula is C38H51FN8O4. The molecule has 51 heavy (non-hydrogen) atoms. The van der Waals surface area contributed by atoms with E-state index in [1.165, 1.54) is 6.07 Å². The lowest BCUT2D eigenvalue weighted by Crippen LogP contribution is -2.52. The number of esters is 1. The fraction of sp³-hybridized carbons (Fsp3) is 0.474. The predicted molar refractivity (Wildman–Crippen MR) is 196 cm³/mol. The number of ether oxygens (including phenoxy) is 1. The molecule has 5 rings (SSSR count). The number of urea groups is 1. The molecule has 2 atom stereocenters. The molecule has 12 nitrogen and oxygen atoms in total. The fourth-order valence-electron chi connectivity index (χ4n) is 6.24. The Morgan fingerprint density at radius 1 is 0.980 bits per heavy atom. The second-order valence-electron chi connectivity index (χ2n) is 14.6. The van der Waals surface area contributed by atoms with E-state index in [-0.39, 0.29) is 17.8 Å². The van der Waals surface area contributed by atoms with E-state index >= 15 is 0 Å². The zero-order valence-corrected chi connectivity index (χ0v) is 30.2. The number of para-hydroxylation sites is 2. The van der Waals surface area contributed by atoms with Gasteiger partial charge in [-0.05, 0) is 84.2 Å². The van der Waals surface area contributed by atoms with Crippen molar-refractivity contribution in [1.29, 1.82) is 0 Å². The summed E-state index contributed by atoms with van der Waals surface area (Å²) in [6.07, 6.45) is 5.73. The molecule has 1 fully saturated rings. The quantitative estimate of drug-likeness (QED) is 0.0960. The van der Waals surface area contributed by atoms with Gasteiger partial charge in [-0.15, -0.1) is 0 Å². The number of anilines is 1. The van der Waals surface area contributed by atoms with Crippen molar-refractivity contribution in [3.05, 3.63) is 83.8 Å². The van der Waals surface area contributed by atoms with Crippen molar-refractivity contribution in [2.75, 3.05) is 37.6 Å². The van der Waals surface area contributed by atoms with Crippen LogP contribution in [0.1, 0.15) is 77.0 Å². The Morgan fingerprint density at radius 3 is 2.39 bits per heavy atom. The summed E-state index contributed by atoms with van der Waals surface area (Å²) in [5, 5.41) is 7.13. The number of nitrogens with zero attached hydrogens (tertiary/aromatic N) is 3. The van der Waals surface area contributed by atoms with E-state index < -0.39 is 29.1 Å². The minimum Gasteiger partial charge on any atom is -0.458 e. The van der Waals surface area contributed by atoms with Crippen LogP contribution < -0.4 is 21.3 Å². The van der Waals surface area contributed by atoms with Gasteiger partial charge in [0.15, 0.2) is 0 Å². The molecule has 6 N–H and O–H groups in total.